The van der Waals surface area contributed by atoms with Crippen LogP contribution in [0, 0.1) is 11.8 Å². The third-order valence-corrected chi connectivity index (χ3v) is 4.63. The molecule has 0 radical (unpaired) electrons. The van der Waals surface area contributed by atoms with E-state index < -0.39 is 0 Å². The summed E-state index contributed by atoms with van der Waals surface area (Å²) in [7, 11) is 0. The zero-order valence-corrected chi connectivity index (χ0v) is 10.2. The molecule has 5 atom stereocenters. The van der Waals surface area contributed by atoms with E-state index in [0.717, 1.165) is 17.9 Å². The van der Waals surface area contributed by atoms with Crippen molar-refractivity contribution in [3.8, 4) is 0 Å². The van der Waals surface area contributed by atoms with Gasteiger partial charge in [-0.15, -0.1) is 0 Å². The highest BCUT2D eigenvalue weighted by atomic mass is 15.0. The van der Waals surface area contributed by atoms with Crippen LogP contribution in [0.3, 0.4) is 0 Å². The van der Waals surface area contributed by atoms with Crippen LogP contribution in [-0.2, 0) is 0 Å². The second-order valence-corrected chi connectivity index (χ2v) is 5.81. The summed E-state index contributed by atoms with van der Waals surface area (Å²) in [6.07, 6.45) is 7.85. The van der Waals surface area contributed by atoms with Gasteiger partial charge in [0.15, 0.2) is 0 Å². The Balaban J connectivity index is 1.81. The second kappa shape index (κ2) is 4.84. The zero-order valence-electron chi connectivity index (χ0n) is 10.2. The average molecular weight is 210 g/mol. The maximum atomic E-state index is 6.02. The molecule has 0 saturated heterocycles. The van der Waals surface area contributed by atoms with E-state index in [1.807, 2.05) is 0 Å². The first-order chi connectivity index (χ1) is 7.16. The van der Waals surface area contributed by atoms with Gasteiger partial charge in [0.25, 0.3) is 0 Å². The van der Waals surface area contributed by atoms with E-state index in [2.05, 4.69) is 19.2 Å². The van der Waals surface area contributed by atoms with Gasteiger partial charge in [-0.3, -0.25) is 0 Å². The van der Waals surface area contributed by atoms with Crippen LogP contribution >= 0.6 is 0 Å². The van der Waals surface area contributed by atoms with Crippen molar-refractivity contribution in [3.05, 3.63) is 0 Å². The molecule has 0 heterocycles. The molecule has 2 aliphatic carbocycles. The molecular weight excluding hydrogens is 184 g/mol. The van der Waals surface area contributed by atoms with Crippen LogP contribution in [0.5, 0.6) is 0 Å². The summed E-state index contributed by atoms with van der Waals surface area (Å²) in [5.41, 5.74) is 6.02. The topological polar surface area (TPSA) is 38.0 Å². The van der Waals surface area contributed by atoms with Crippen LogP contribution in [0.1, 0.15) is 52.4 Å². The van der Waals surface area contributed by atoms with Gasteiger partial charge >= 0.3 is 0 Å². The maximum Gasteiger partial charge on any atom is 0.00979 e. The van der Waals surface area contributed by atoms with Crippen molar-refractivity contribution in [3.63, 3.8) is 0 Å². The van der Waals surface area contributed by atoms with Crippen molar-refractivity contribution in [1.29, 1.82) is 0 Å². The fourth-order valence-electron chi connectivity index (χ4n) is 3.28. The lowest BCUT2D eigenvalue weighted by atomic mass is 9.90. The highest BCUT2D eigenvalue weighted by molar-refractivity contribution is 4.89. The molecule has 5 unspecified atom stereocenters. The average Bonchev–Trinajstić information content (AvgIpc) is 2.50. The molecule has 0 aromatic heterocycles. The van der Waals surface area contributed by atoms with Crippen LogP contribution in [0.4, 0.5) is 0 Å². The quantitative estimate of drug-likeness (QED) is 0.734. The molecule has 0 aliphatic heterocycles. The minimum absolute atomic E-state index is 0.449. The van der Waals surface area contributed by atoms with Crippen molar-refractivity contribution in [2.24, 2.45) is 17.6 Å². The molecule has 2 saturated carbocycles. The summed E-state index contributed by atoms with van der Waals surface area (Å²) >= 11 is 0. The zero-order chi connectivity index (χ0) is 10.8. The molecule has 15 heavy (non-hydrogen) atoms. The number of rotatable bonds is 2. The van der Waals surface area contributed by atoms with Crippen LogP contribution in [0.2, 0.25) is 0 Å². The van der Waals surface area contributed by atoms with E-state index in [4.69, 9.17) is 5.73 Å². The smallest absolute Gasteiger partial charge is 0.00979 e. The first kappa shape index (κ1) is 11.4. The largest absolute Gasteiger partial charge is 0.328 e. The van der Waals surface area contributed by atoms with Gasteiger partial charge in [0.05, 0.1) is 0 Å². The Morgan fingerprint density at radius 3 is 2.47 bits per heavy atom. The van der Waals surface area contributed by atoms with Crippen LogP contribution in [0.15, 0.2) is 0 Å². The van der Waals surface area contributed by atoms with E-state index in [9.17, 15) is 0 Å². The Labute approximate surface area is 94.0 Å². The molecule has 0 aromatic carbocycles. The summed E-state index contributed by atoms with van der Waals surface area (Å²) in [6, 6.07) is 1.91. The van der Waals surface area contributed by atoms with E-state index in [0.29, 0.717) is 12.1 Å². The Hall–Kier alpha value is -0.0800. The molecular formula is C13H26N2. The van der Waals surface area contributed by atoms with E-state index in [1.54, 1.807) is 0 Å². The number of hydrogen-bond acceptors (Lipinski definition) is 2. The fourth-order valence-corrected chi connectivity index (χ4v) is 3.28. The van der Waals surface area contributed by atoms with Gasteiger partial charge in [-0.2, -0.15) is 0 Å². The molecule has 0 bridgehead atoms. The van der Waals surface area contributed by atoms with Crippen molar-refractivity contribution in [1.82, 2.24) is 5.32 Å². The molecule has 88 valence electrons. The normalized spacial score (nSPS) is 47.0. The van der Waals surface area contributed by atoms with Gasteiger partial charge < -0.3 is 11.1 Å². The van der Waals surface area contributed by atoms with Crippen molar-refractivity contribution in [2.45, 2.75) is 70.5 Å². The number of nitrogens with two attached hydrogens (primary N) is 1. The van der Waals surface area contributed by atoms with Gasteiger partial charge in [-0.1, -0.05) is 20.3 Å². The van der Waals surface area contributed by atoms with Gasteiger partial charge in [0.1, 0.15) is 0 Å². The van der Waals surface area contributed by atoms with Crippen molar-refractivity contribution >= 4 is 0 Å². The van der Waals surface area contributed by atoms with Crippen LogP contribution < -0.4 is 11.1 Å². The number of hydrogen-bond donors (Lipinski definition) is 2. The summed E-state index contributed by atoms with van der Waals surface area (Å²) in [4.78, 5) is 0. The first-order valence-corrected chi connectivity index (χ1v) is 6.68. The molecule has 2 aliphatic rings. The highest BCUT2D eigenvalue weighted by Crippen LogP contribution is 2.32. The summed E-state index contributed by atoms with van der Waals surface area (Å²) in [6.45, 7) is 4.79. The monoisotopic (exact) mass is 210 g/mol. The molecule has 2 fully saturated rings. The third kappa shape index (κ3) is 2.73. The SMILES string of the molecule is CC1CCC(NC2CCCC(N)C2)C1C. The van der Waals surface area contributed by atoms with Crippen LogP contribution in [-0.4, -0.2) is 18.1 Å². The molecule has 2 rings (SSSR count). The number of nitrogens with one attached hydrogen (secondary N) is 1. The van der Waals surface area contributed by atoms with Crippen LogP contribution in [0.25, 0.3) is 0 Å². The lowest BCUT2D eigenvalue weighted by molar-refractivity contribution is 0.277. The predicted molar refractivity (Wildman–Crippen MR) is 64.7 cm³/mol. The minimum atomic E-state index is 0.449. The Morgan fingerprint density at radius 1 is 1.07 bits per heavy atom. The van der Waals surface area contributed by atoms with Gasteiger partial charge in [0.2, 0.25) is 0 Å². The van der Waals surface area contributed by atoms with Crippen molar-refractivity contribution < 1.29 is 0 Å². The second-order valence-electron chi connectivity index (χ2n) is 5.81. The predicted octanol–water partition coefficient (Wildman–Crippen LogP) is 2.28. The molecule has 0 aromatic rings. The summed E-state index contributed by atoms with van der Waals surface area (Å²) < 4.78 is 0. The summed E-state index contributed by atoms with van der Waals surface area (Å²) in [5, 5.41) is 3.85. The Bertz CT molecular complexity index is 205. The van der Waals surface area contributed by atoms with Gasteiger partial charge in [-0.05, 0) is 43.9 Å². The van der Waals surface area contributed by atoms with E-state index in [-0.39, 0.29) is 0 Å². The summed E-state index contributed by atoms with van der Waals surface area (Å²) in [5.74, 6) is 1.75. The lowest BCUT2D eigenvalue weighted by Crippen LogP contribution is -2.45. The molecule has 3 N–H and O–H groups in total. The van der Waals surface area contributed by atoms with Gasteiger partial charge in [-0.25, -0.2) is 0 Å². The fraction of sp³-hybridized carbons (Fsp3) is 1.00. The van der Waals surface area contributed by atoms with E-state index in [1.165, 1.54) is 38.5 Å². The van der Waals surface area contributed by atoms with Gasteiger partial charge in [0, 0.05) is 18.1 Å². The first-order valence-electron chi connectivity index (χ1n) is 6.68. The Morgan fingerprint density at radius 2 is 1.87 bits per heavy atom. The highest BCUT2D eigenvalue weighted by Gasteiger charge is 2.31. The lowest BCUT2D eigenvalue weighted by Gasteiger charge is -2.31. The molecule has 2 nitrogen and oxygen atoms in total. The third-order valence-electron chi connectivity index (χ3n) is 4.63. The molecule has 2 heteroatoms. The Kier molecular flexibility index (Phi) is 3.68. The standard InChI is InChI=1S/C13H26N2/c1-9-6-7-13(10(9)2)15-12-5-3-4-11(14)8-12/h9-13,15H,3-8,14H2,1-2H3. The minimum Gasteiger partial charge on any atom is -0.328 e. The van der Waals surface area contributed by atoms with E-state index >= 15 is 0 Å². The maximum absolute atomic E-state index is 6.02. The van der Waals surface area contributed by atoms with Crippen molar-refractivity contribution in [2.75, 3.05) is 0 Å². The molecule has 0 amide bonds. The molecule has 0 spiro atoms.